The van der Waals surface area contributed by atoms with Gasteiger partial charge in [0.15, 0.2) is 11.6 Å². The number of ether oxygens (including phenoxy) is 2. The molecule has 2 aliphatic heterocycles. The standard InChI is InChI=1S/C28H28ClFN2O4S/c29-22-8-2-1-7-20(22)28(34)31(16-19-6-5-14-35-19)17-27(33)32-13-11-26-21(12-15-37-26)24(32)18-36-25-10-4-3-9-23(25)30/h1-4,7-10,12,15,19,24H,5-6,11,13-14,16-18H2. The van der Waals surface area contributed by atoms with Gasteiger partial charge in [-0.15, -0.1) is 11.3 Å². The van der Waals surface area contributed by atoms with Gasteiger partial charge in [0.25, 0.3) is 5.91 Å². The zero-order chi connectivity index (χ0) is 25.8. The summed E-state index contributed by atoms with van der Waals surface area (Å²) in [6.45, 7) is 1.45. The fourth-order valence-corrected chi connectivity index (χ4v) is 6.06. The first-order valence-corrected chi connectivity index (χ1v) is 13.7. The number of thiophene rings is 1. The lowest BCUT2D eigenvalue weighted by atomic mass is 10.00. The zero-order valence-electron chi connectivity index (χ0n) is 20.3. The van der Waals surface area contributed by atoms with Gasteiger partial charge in [-0.2, -0.15) is 0 Å². The average Bonchev–Trinajstić information content (AvgIpc) is 3.60. The Balaban J connectivity index is 1.37. The Labute approximate surface area is 224 Å². The fraction of sp³-hybridized carbons (Fsp3) is 0.357. The van der Waals surface area contributed by atoms with E-state index in [1.165, 1.54) is 15.8 Å². The van der Waals surface area contributed by atoms with Crippen molar-refractivity contribution in [1.82, 2.24) is 9.80 Å². The number of hydrogen-bond donors (Lipinski definition) is 0. The Kier molecular flexibility index (Phi) is 8.08. The number of carbonyl (C=O) groups is 2. The van der Waals surface area contributed by atoms with Crippen LogP contribution in [0.3, 0.4) is 0 Å². The molecule has 5 rings (SSSR count). The molecule has 194 valence electrons. The molecule has 2 atom stereocenters. The smallest absolute Gasteiger partial charge is 0.255 e. The molecule has 0 saturated carbocycles. The molecule has 9 heteroatoms. The Morgan fingerprint density at radius 3 is 2.76 bits per heavy atom. The number of rotatable bonds is 8. The van der Waals surface area contributed by atoms with E-state index in [-0.39, 0.29) is 42.9 Å². The Morgan fingerprint density at radius 2 is 1.97 bits per heavy atom. The van der Waals surface area contributed by atoms with Crippen molar-refractivity contribution in [3.8, 4) is 5.75 Å². The Bertz CT molecular complexity index is 1260. The fourth-order valence-electron chi connectivity index (χ4n) is 4.92. The third kappa shape index (κ3) is 5.81. The third-order valence-corrected chi connectivity index (χ3v) is 8.14. The summed E-state index contributed by atoms with van der Waals surface area (Å²) >= 11 is 7.97. The highest BCUT2D eigenvalue weighted by molar-refractivity contribution is 7.10. The quantitative estimate of drug-likeness (QED) is 0.384. The minimum Gasteiger partial charge on any atom is -0.488 e. The van der Waals surface area contributed by atoms with Crippen molar-refractivity contribution in [2.75, 3.05) is 32.8 Å². The molecule has 2 amide bonds. The number of halogens is 2. The van der Waals surface area contributed by atoms with Crippen LogP contribution in [0.15, 0.2) is 60.0 Å². The molecule has 0 bridgehead atoms. The van der Waals surface area contributed by atoms with Gasteiger partial charge in [0.1, 0.15) is 13.2 Å². The normalized spacial score (nSPS) is 18.9. The third-order valence-electron chi connectivity index (χ3n) is 6.81. The summed E-state index contributed by atoms with van der Waals surface area (Å²) in [5.74, 6) is -0.805. The van der Waals surface area contributed by atoms with Gasteiger partial charge in [-0.25, -0.2) is 4.39 Å². The van der Waals surface area contributed by atoms with Gasteiger partial charge in [-0.3, -0.25) is 9.59 Å². The second kappa shape index (κ2) is 11.6. The van der Waals surface area contributed by atoms with Crippen molar-refractivity contribution >= 4 is 34.8 Å². The maximum Gasteiger partial charge on any atom is 0.255 e. The van der Waals surface area contributed by atoms with Gasteiger partial charge >= 0.3 is 0 Å². The number of amides is 2. The number of carbonyl (C=O) groups excluding carboxylic acids is 2. The summed E-state index contributed by atoms with van der Waals surface area (Å²) in [5.41, 5.74) is 1.36. The first kappa shape index (κ1) is 25.7. The van der Waals surface area contributed by atoms with Crippen LogP contribution in [0.4, 0.5) is 4.39 Å². The molecule has 0 aliphatic carbocycles. The van der Waals surface area contributed by atoms with E-state index < -0.39 is 5.82 Å². The summed E-state index contributed by atoms with van der Waals surface area (Å²) in [7, 11) is 0. The van der Waals surface area contributed by atoms with Crippen molar-refractivity contribution in [3.63, 3.8) is 0 Å². The maximum atomic E-state index is 14.2. The molecule has 1 saturated heterocycles. The largest absolute Gasteiger partial charge is 0.488 e. The highest BCUT2D eigenvalue weighted by Gasteiger charge is 2.35. The van der Waals surface area contributed by atoms with Crippen LogP contribution in [0.25, 0.3) is 0 Å². The van der Waals surface area contributed by atoms with E-state index >= 15 is 0 Å². The number of para-hydroxylation sites is 1. The van der Waals surface area contributed by atoms with Gasteiger partial charge in [0, 0.05) is 24.6 Å². The minimum atomic E-state index is -0.449. The first-order chi connectivity index (χ1) is 18.0. The van der Waals surface area contributed by atoms with E-state index in [4.69, 9.17) is 21.1 Å². The van der Waals surface area contributed by atoms with Gasteiger partial charge < -0.3 is 19.3 Å². The first-order valence-electron chi connectivity index (χ1n) is 12.4. The minimum absolute atomic E-state index is 0.112. The monoisotopic (exact) mass is 542 g/mol. The molecule has 2 aromatic carbocycles. The molecule has 1 aromatic heterocycles. The van der Waals surface area contributed by atoms with Crippen molar-refractivity contribution in [3.05, 3.63) is 86.8 Å². The van der Waals surface area contributed by atoms with Crippen LogP contribution in [0.5, 0.6) is 5.75 Å². The summed E-state index contributed by atoms with van der Waals surface area (Å²) in [6, 6.07) is 14.7. The molecule has 2 aliphatic rings. The molecule has 3 aromatic rings. The van der Waals surface area contributed by atoms with E-state index in [1.807, 2.05) is 11.4 Å². The molecule has 0 radical (unpaired) electrons. The number of hydrogen-bond acceptors (Lipinski definition) is 5. The van der Waals surface area contributed by atoms with Crippen LogP contribution in [0.2, 0.25) is 5.02 Å². The van der Waals surface area contributed by atoms with E-state index in [9.17, 15) is 14.0 Å². The van der Waals surface area contributed by atoms with Crippen molar-refractivity contribution in [1.29, 1.82) is 0 Å². The predicted octanol–water partition coefficient (Wildman–Crippen LogP) is 5.37. The molecule has 37 heavy (non-hydrogen) atoms. The van der Waals surface area contributed by atoms with E-state index in [0.29, 0.717) is 30.3 Å². The summed E-state index contributed by atoms with van der Waals surface area (Å²) in [5, 5.41) is 2.34. The lowest BCUT2D eigenvalue weighted by Gasteiger charge is -2.37. The second-order valence-corrected chi connectivity index (χ2v) is 10.6. The van der Waals surface area contributed by atoms with Crippen LogP contribution in [-0.2, 0) is 16.0 Å². The highest BCUT2D eigenvalue weighted by atomic mass is 35.5. The summed E-state index contributed by atoms with van der Waals surface area (Å²) < 4.78 is 25.8. The Hall–Kier alpha value is -2.94. The van der Waals surface area contributed by atoms with Crippen LogP contribution in [0.1, 0.15) is 39.7 Å². The van der Waals surface area contributed by atoms with Crippen LogP contribution in [0, 0.1) is 5.82 Å². The van der Waals surface area contributed by atoms with Gasteiger partial charge in [0.2, 0.25) is 5.91 Å². The number of benzene rings is 2. The molecule has 0 N–H and O–H groups in total. The van der Waals surface area contributed by atoms with Crippen LogP contribution >= 0.6 is 22.9 Å². The Morgan fingerprint density at radius 1 is 1.16 bits per heavy atom. The molecule has 6 nitrogen and oxygen atoms in total. The summed E-state index contributed by atoms with van der Waals surface area (Å²) in [4.78, 5) is 31.7. The molecule has 2 unspecified atom stereocenters. The van der Waals surface area contributed by atoms with E-state index in [0.717, 1.165) is 24.8 Å². The van der Waals surface area contributed by atoms with Crippen molar-refractivity contribution in [2.24, 2.45) is 0 Å². The number of nitrogens with zero attached hydrogens (tertiary/aromatic N) is 2. The predicted molar refractivity (Wildman–Crippen MR) is 141 cm³/mol. The van der Waals surface area contributed by atoms with Crippen LogP contribution in [-0.4, -0.2) is 60.6 Å². The molecular weight excluding hydrogens is 515 g/mol. The lowest BCUT2D eigenvalue weighted by Crippen LogP contribution is -2.49. The van der Waals surface area contributed by atoms with Gasteiger partial charge in [-0.05, 0) is 60.5 Å². The van der Waals surface area contributed by atoms with Crippen LogP contribution < -0.4 is 4.74 Å². The molecular formula is C28H28ClFN2O4S. The maximum absolute atomic E-state index is 14.2. The van der Waals surface area contributed by atoms with E-state index in [1.54, 1.807) is 58.7 Å². The molecule has 0 spiro atoms. The molecule has 3 heterocycles. The molecule has 1 fully saturated rings. The average molecular weight is 543 g/mol. The number of fused-ring (bicyclic) bond motifs is 1. The van der Waals surface area contributed by atoms with Crippen molar-refractivity contribution < 1.29 is 23.5 Å². The van der Waals surface area contributed by atoms with Crippen molar-refractivity contribution in [2.45, 2.75) is 31.4 Å². The highest BCUT2D eigenvalue weighted by Crippen LogP contribution is 2.34. The van der Waals surface area contributed by atoms with Gasteiger partial charge in [-0.1, -0.05) is 35.9 Å². The van der Waals surface area contributed by atoms with Gasteiger partial charge in [0.05, 0.1) is 22.7 Å². The second-order valence-electron chi connectivity index (χ2n) is 9.19. The SMILES string of the molecule is O=C(c1ccccc1Cl)N(CC(=O)N1CCc2sccc2C1COc1ccccc1F)CC1CCCO1. The zero-order valence-corrected chi connectivity index (χ0v) is 21.8. The van der Waals surface area contributed by atoms with E-state index in [2.05, 4.69) is 0 Å². The lowest BCUT2D eigenvalue weighted by molar-refractivity contribution is -0.135. The summed E-state index contributed by atoms with van der Waals surface area (Å²) in [6.07, 6.45) is 2.36. The topological polar surface area (TPSA) is 59.1 Å².